The molecule has 0 spiro atoms. The zero-order valence-electron chi connectivity index (χ0n) is 15.0. The number of hydrazine groups is 1. The summed E-state index contributed by atoms with van der Waals surface area (Å²) in [4.78, 5) is 49.3. The second kappa shape index (κ2) is 7.40. The minimum atomic E-state index is -0.506. The predicted molar refractivity (Wildman–Crippen MR) is 94.4 cm³/mol. The van der Waals surface area contributed by atoms with Crippen LogP contribution in [0, 0.1) is 13.8 Å². The third-order valence-corrected chi connectivity index (χ3v) is 4.18. The quantitative estimate of drug-likeness (QED) is 0.583. The van der Waals surface area contributed by atoms with E-state index in [4.69, 9.17) is 0 Å². The molecular weight excluding hydrogens is 350 g/mol. The number of nitrogens with zero attached hydrogens (tertiary/aromatic N) is 3. The van der Waals surface area contributed by atoms with Gasteiger partial charge in [-0.3, -0.25) is 39.6 Å². The number of hydrogen-bond acceptors (Lipinski definition) is 5. The largest absolute Gasteiger partial charge is 0.274 e. The molecule has 9 nitrogen and oxygen atoms in total. The summed E-state index contributed by atoms with van der Waals surface area (Å²) in [7, 11) is 0. The molecule has 1 aliphatic heterocycles. The Kier molecular flexibility index (Phi) is 5.02. The van der Waals surface area contributed by atoms with Crippen LogP contribution < -0.4 is 10.9 Å². The summed E-state index contributed by atoms with van der Waals surface area (Å²) in [5.41, 5.74) is 6.87. The van der Waals surface area contributed by atoms with Gasteiger partial charge in [-0.1, -0.05) is 12.1 Å². The van der Waals surface area contributed by atoms with Crippen molar-refractivity contribution in [2.45, 2.75) is 26.8 Å². The number of hydrogen-bond donors (Lipinski definition) is 2. The molecule has 0 unspecified atom stereocenters. The molecule has 0 bridgehead atoms. The summed E-state index contributed by atoms with van der Waals surface area (Å²) >= 11 is 0. The highest BCUT2D eigenvalue weighted by molar-refractivity contribution is 6.21. The first-order valence-corrected chi connectivity index (χ1v) is 8.41. The maximum atomic E-state index is 12.2. The van der Waals surface area contributed by atoms with Gasteiger partial charge in [-0.25, -0.2) is 0 Å². The summed E-state index contributed by atoms with van der Waals surface area (Å²) in [6, 6.07) is 8.36. The summed E-state index contributed by atoms with van der Waals surface area (Å²) in [5, 5.41) is 4.16. The summed E-state index contributed by atoms with van der Waals surface area (Å²) in [5.74, 6) is -1.78. The van der Waals surface area contributed by atoms with E-state index in [9.17, 15) is 19.2 Å². The number of carbonyl (C=O) groups excluding carboxylic acids is 4. The molecule has 140 valence electrons. The van der Waals surface area contributed by atoms with Crippen LogP contribution in [-0.2, 0) is 16.1 Å². The molecule has 0 aliphatic carbocycles. The molecule has 0 fully saturated rings. The second-order valence-electron chi connectivity index (χ2n) is 6.24. The van der Waals surface area contributed by atoms with Crippen LogP contribution in [0.25, 0.3) is 0 Å². The number of fused-ring (bicyclic) bond motifs is 1. The van der Waals surface area contributed by atoms with Gasteiger partial charge in [0.15, 0.2) is 0 Å². The second-order valence-corrected chi connectivity index (χ2v) is 6.24. The van der Waals surface area contributed by atoms with Crippen LogP contribution in [0.5, 0.6) is 0 Å². The topological polar surface area (TPSA) is 113 Å². The van der Waals surface area contributed by atoms with E-state index in [-0.39, 0.29) is 19.5 Å². The smallest absolute Gasteiger partial charge is 0.261 e. The van der Waals surface area contributed by atoms with Gasteiger partial charge in [-0.15, -0.1) is 0 Å². The Hall–Kier alpha value is -3.49. The van der Waals surface area contributed by atoms with Crippen molar-refractivity contribution in [3.8, 4) is 0 Å². The van der Waals surface area contributed by atoms with Gasteiger partial charge in [0.05, 0.1) is 16.8 Å². The van der Waals surface area contributed by atoms with E-state index < -0.39 is 23.6 Å². The molecule has 2 aromatic rings. The SMILES string of the molecule is Cc1cc(C)n(CC(=O)NNC(=O)CCN2C(=O)c3ccccc3C2=O)n1. The third kappa shape index (κ3) is 3.86. The Bertz CT molecular complexity index is 899. The van der Waals surface area contributed by atoms with Crippen molar-refractivity contribution >= 4 is 23.6 Å². The Morgan fingerprint density at radius 3 is 2.15 bits per heavy atom. The number of nitrogens with one attached hydrogen (secondary N) is 2. The summed E-state index contributed by atoms with van der Waals surface area (Å²) < 4.78 is 1.52. The summed E-state index contributed by atoms with van der Waals surface area (Å²) in [6.07, 6.45) is -0.119. The highest BCUT2D eigenvalue weighted by atomic mass is 16.2. The van der Waals surface area contributed by atoms with Crippen LogP contribution >= 0.6 is 0 Å². The van der Waals surface area contributed by atoms with Gasteiger partial charge in [0.25, 0.3) is 17.7 Å². The zero-order valence-corrected chi connectivity index (χ0v) is 15.0. The summed E-state index contributed by atoms with van der Waals surface area (Å²) in [6.45, 7) is 3.56. The average Bonchev–Trinajstić information content (AvgIpc) is 3.08. The van der Waals surface area contributed by atoms with E-state index in [1.807, 2.05) is 19.9 Å². The minimum absolute atomic E-state index is 0.0294. The molecule has 1 aromatic heterocycles. The van der Waals surface area contributed by atoms with Crippen molar-refractivity contribution in [3.05, 3.63) is 52.8 Å². The fourth-order valence-electron chi connectivity index (χ4n) is 2.87. The van der Waals surface area contributed by atoms with E-state index in [0.717, 1.165) is 16.3 Å². The lowest BCUT2D eigenvalue weighted by atomic mass is 10.1. The number of amides is 4. The van der Waals surface area contributed by atoms with Crippen LogP contribution in [0.1, 0.15) is 38.5 Å². The maximum Gasteiger partial charge on any atom is 0.261 e. The van der Waals surface area contributed by atoms with E-state index in [1.165, 1.54) is 4.68 Å². The maximum absolute atomic E-state index is 12.2. The van der Waals surface area contributed by atoms with E-state index >= 15 is 0 Å². The first-order chi connectivity index (χ1) is 12.9. The van der Waals surface area contributed by atoms with Crippen molar-refractivity contribution < 1.29 is 19.2 Å². The standard InChI is InChI=1S/C18H19N5O4/c1-11-9-12(2)23(21-11)10-16(25)20-19-15(24)7-8-22-17(26)13-5-3-4-6-14(13)18(22)27/h3-6,9H,7-8,10H2,1-2H3,(H,19,24)(H,20,25). The Balaban J connectivity index is 1.46. The number of benzene rings is 1. The van der Waals surface area contributed by atoms with Crippen LogP contribution in [0.3, 0.4) is 0 Å². The lowest BCUT2D eigenvalue weighted by molar-refractivity contribution is -0.129. The van der Waals surface area contributed by atoms with Crippen molar-refractivity contribution in [1.29, 1.82) is 0 Å². The fourth-order valence-corrected chi connectivity index (χ4v) is 2.87. The number of rotatable bonds is 5. The van der Waals surface area contributed by atoms with Crippen LogP contribution in [0.4, 0.5) is 0 Å². The first-order valence-electron chi connectivity index (χ1n) is 8.41. The molecule has 0 atom stereocenters. The Morgan fingerprint density at radius 2 is 1.59 bits per heavy atom. The van der Waals surface area contributed by atoms with Gasteiger partial charge in [0.2, 0.25) is 5.91 Å². The normalized spacial score (nSPS) is 12.9. The highest BCUT2D eigenvalue weighted by Crippen LogP contribution is 2.22. The molecule has 4 amide bonds. The van der Waals surface area contributed by atoms with E-state index in [1.54, 1.807) is 24.3 Å². The van der Waals surface area contributed by atoms with Gasteiger partial charge in [0, 0.05) is 18.7 Å². The van der Waals surface area contributed by atoms with Crippen molar-refractivity contribution in [1.82, 2.24) is 25.5 Å². The highest BCUT2D eigenvalue weighted by Gasteiger charge is 2.34. The molecule has 9 heteroatoms. The zero-order chi connectivity index (χ0) is 19.6. The number of imide groups is 1. The molecule has 27 heavy (non-hydrogen) atoms. The molecule has 0 saturated heterocycles. The molecule has 0 saturated carbocycles. The van der Waals surface area contributed by atoms with Crippen molar-refractivity contribution in [2.75, 3.05) is 6.54 Å². The van der Waals surface area contributed by atoms with Crippen molar-refractivity contribution in [2.24, 2.45) is 0 Å². The number of carbonyl (C=O) groups is 4. The van der Waals surface area contributed by atoms with Gasteiger partial charge >= 0.3 is 0 Å². The molecule has 1 aromatic carbocycles. The first kappa shape index (κ1) is 18.3. The van der Waals surface area contributed by atoms with Gasteiger partial charge in [-0.05, 0) is 32.0 Å². The van der Waals surface area contributed by atoms with Crippen molar-refractivity contribution in [3.63, 3.8) is 0 Å². The van der Waals surface area contributed by atoms with Crippen LogP contribution in [0.2, 0.25) is 0 Å². The molecule has 3 rings (SSSR count). The Labute approximate surface area is 155 Å². The fraction of sp³-hybridized carbons (Fsp3) is 0.278. The molecular formula is C18H19N5O4. The molecule has 0 radical (unpaired) electrons. The molecule has 2 heterocycles. The van der Waals surface area contributed by atoms with E-state index in [2.05, 4.69) is 16.0 Å². The lowest BCUT2D eigenvalue weighted by Crippen LogP contribution is -2.44. The van der Waals surface area contributed by atoms with Gasteiger partial charge in [0.1, 0.15) is 6.54 Å². The number of aryl methyl sites for hydroxylation is 2. The van der Waals surface area contributed by atoms with E-state index in [0.29, 0.717) is 11.1 Å². The Morgan fingerprint density at radius 1 is 1.00 bits per heavy atom. The predicted octanol–water partition coefficient (Wildman–Crippen LogP) is 0.334. The number of aromatic nitrogens is 2. The van der Waals surface area contributed by atoms with Crippen LogP contribution in [0.15, 0.2) is 30.3 Å². The van der Waals surface area contributed by atoms with Crippen LogP contribution in [-0.4, -0.2) is 44.9 Å². The van der Waals surface area contributed by atoms with Gasteiger partial charge in [-0.2, -0.15) is 5.10 Å². The average molecular weight is 369 g/mol. The molecule has 1 aliphatic rings. The lowest BCUT2D eigenvalue weighted by Gasteiger charge is -2.14. The monoisotopic (exact) mass is 369 g/mol. The van der Waals surface area contributed by atoms with Gasteiger partial charge < -0.3 is 0 Å². The molecule has 2 N–H and O–H groups in total. The third-order valence-electron chi connectivity index (χ3n) is 4.18. The minimum Gasteiger partial charge on any atom is -0.274 e.